The van der Waals surface area contributed by atoms with E-state index in [2.05, 4.69) is 26.1 Å². The maximum Gasteiger partial charge on any atom is 0.184 e. The van der Waals surface area contributed by atoms with Gasteiger partial charge in [-0.15, -0.1) is 0 Å². The van der Waals surface area contributed by atoms with E-state index in [0.717, 1.165) is 29.7 Å². The minimum atomic E-state index is -0.470. The maximum atomic E-state index is 14.0. The molecule has 1 aromatic carbocycles. The standard InChI is InChI=1S/C15H19ClFNO/c1-4-7-18-8-12-13(9(2)3)10-5-6-11(16)14(17)15(10)19-12/h5-6,9,18H,4,7-8H2,1-3H3. The van der Waals surface area contributed by atoms with Gasteiger partial charge in [0.2, 0.25) is 0 Å². The molecule has 0 amide bonds. The van der Waals surface area contributed by atoms with Gasteiger partial charge >= 0.3 is 0 Å². The van der Waals surface area contributed by atoms with E-state index in [1.54, 1.807) is 6.07 Å². The molecule has 0 bridgehead atoms. The Balaban J connectivity index is 2.50. The molecule has 0 unspecified atom stereocenters. The highest BCUT2D eigenvalue weighted by atomic mass is 35.5. The van der Waals surface area contributed by atoms with E-state index in [1.807, 2.05) is 6.07 Å². The summed E-state index contributed by atoms with van der Waals surface area (Å²) in [5.74, 6) is 0.614. The lowest BCUT2D eigenvalue weighted by Crippen LogP contribution is -2.14. The molecule has 0 aliphatic rings. The summed E-state index contributed by atoms with van der Waals surface area (Å²) in [6, 6.07) is 3.42. The normalized spacial score (nSPS) is 11.7. The Kier molecular flexibility index (Phi) is 4.48. The lowest BCUT2D eigenvalue weighted by Gasteiger charge is -2.07. The second-order valence-corrected chi connectivity index (χ2v) is 5.42. The summed E-state index contributed by atoms with van der Waals surface area (Å²) in [7, 11) is 0. The van der Waals surface area contributed by atoms with Crippen molar-refractivity contribution < 1.29 is 8.81 Å². The van der Waals surface area contributed by atoms with Gasteiger partial charge in [0.05, 0.1) is 11.6 Å². The summed E-state index contributed by atoms with van der Waals surface area (Å²) in [6.45, 7) is 7.81. The minimum absolute atomic E-state index is 0.102. The second kappa shape index (κ2) is 5.93. The van der Waals surface area contributed by atoms with E-state index in [1.165, 1.54) is 0 Å². The molecule has 2 nitrogen and oxygen atoms in total. The molecule has 0 radical (unpaired) electrons. The van der Waals surface area contributed by atoms with Gasteiger partial charge in [-0.25, -0.2) is 4.39 Å². The molecule has 1 N–H and O–H groups in total. The Morgan fingerprint density at radius 2 is 2.11 bits per heavy atom. The van der Waals surface area contributed by atoms with Gasteiger partial charge in [-0.2, -0.15) is 0 Å². The molecule has 1 aromatic heterocycles. The number of fused-ring (bicyclic) bond motifs is 1. The first-order valence-electron chi connectivity index (χ1n) is 6.66. The van der Waals surface area contributed by atoms with Gasteiger partial charge in [-0.3, -0.25) is 0 Å². The van der Waals surface area contributed by atoms with Crippen molar-refractivity contribution in [2.45, 2.75) is 39.7 Å². The Morgan fingerprint density at radius 1 is 1.37 bits per heavy atom. The van der Waals surface area contributed by atoms with Crippen LogP contribution in [0.2, 0.25) is 5.02 Å². The molecular weight excluding hydrogens is 265 g/mol. The molecule has 0 saturated heterocycles. The molecule has 2 aromatic rings. The summed E-state index contributed by atoms with van der Waals surface area (Å²) in [4.78, 5) is 0. The molecule has 104 valence electrons. The van der Waals surface area contributed by atoms with Gasteiger partial charge in [0, 0.05) is 10.9 Å². The molecule has 2 rings (SSSR count). The fourth-order valence-corrected chi connectivity index (χ4v) is 2.46. The molecule has 0 saturated carbocycles. The van der Waals surface area contributed by atoms with Crippen LogP contribution >= 0.6 is 11.6 Å². The first-order valence-corrected chi connectivity index (χ1v) is 7.04. The van der Waals surface area contributed by atoms with Crippen LogP contribution < -0.4 is 5.32 Å². The average Bonchev–Trinajstić information content (AvgIpc) is 2.73. The van der Waals surface area contributed by atoms with Crippen LogP contribution in [0.15, 0.2) is 16.5 Å². The monoisotopic (exact) mass is 283 g/mol. The van der Waals surface area contributed by atoms with Gasteiger partial charge in [0.25, 0.3) is 0 Å². The quantitative estimate of drug-likeness (QED) is 0.794. The highest BCUT2D eigenvalue weighted by molar-refractivity contribution is 6.31. The van der Waals surface area contributed by atoms with E-state index in [-0.39, 0.29) is 16.5 Å². The molecule has 19 heavy (non-hydrogen) atoms. The zero-order chi connectivity index (χ0) is 14.0. The van der Waals surface area contributed by atoms with Crippen molar-refractivity contribution >= 4 is 22.6 Å². The third kappa shape index (κ3) is 2.77. The zero-order valence-corrected chi connectivity index (χ0v) is 12.3. The molecule has 0 atom stereocenters. The van der Waals surface area contributed by atoms with Crippen LogP contribution in [0, 0.1) is 5.82 Å². The van der Waals surface area contributed by atoms with Gasteiger partial charge < -0.3 is 9.73 Å². The summed E-state index contributed by atoms with van der Waals surface area (Å²) >= 11 is 5.81. The number of furan rings is 1. The van der Waals surface area contributed by atoms with Crippen molar-refractivity contribution in [3.63, 3.8) is 0 Å². The van der Waals surface area contributed by atoms with E-state index in [0.29, 0.717) is 6.54 Å². The van der Waals surface area contributed by atoms with Gasteiger partial charge in [-0.1, -0.05) is 32.4 Å². The predicted octanol–water partition coefficient (Wildman–Crippen LogP) is 4.85. The van der Waals surface area contributed by atoms with E-state index in [9.17, 15) is 4.39 Å². The molecule has 0 spiro atoms. The number of rotatable bonds is 5. The largest absolute Gasteiger partial charge is 0.456 e. The summed E-state index contributed by atoms with van der Waals surface area (Å²) < 4.78 is 19.7. The summed E-state index contributed by atoms with van der Waals surface area (Å²) in [5, 5.41) is 4.22. The van der Waals surface area contributed by atoms with Crippen LogP contribution in [-0.2, 0) is 6.54 Å². The molecule has 0 aliphatic heterocycles. The number of halogens is 2. The van der Waals surface area contributed by atoms with Crippen LogP contribution in [0.3, 0.4) is 0 Å². The second-order valence-electron chi connectivity index (χ2n) is 5.01. The van der Waals surface area contributed by atoms with Crippen molar-refractivity contribution in [2.24, 2.45) is 0 Å². The Labute approximate surface area is 117 Å². The van der Waals surface area contributed by atoms with Gasteiger partial charge in [0.1, 0.15) is 5.76 Å². The Bertz CT molecular complexity index is 577. The lowest BCUT2D eigenvalue weighted by atomic mass is 9.99. The summed E-state index contributed by atoms with van der Waals surface area (Å²) in [5.41, 5.74) is 1.33. The van der Waals surface area contributed by atoms with Crippen molar-refractivity contribution in [3.8, 4) is 0 Å². The lowest BCUT2D eigenvalue weighted by molar-refractivity contribution is 0.488. The highest BCUT2D eigenvalue weighted by Crippen LogP contribution is 2.35. The molecular formula is C15H19ClFNO. The van der Waals surface area contributed by atoms with Gasteiger partial charge in [-0.05, 0) is 31.0 Å². The zero-order valence-electron chi connectivity index (χ0n) is 11.5. The molecule has 0 aliphatic carbocycles. The van der Waals surface area contributed by atoms with Crippen LogP contribution in [-0.4, -0.2) is 6.54 Å². The van der Waals surface area contributed by atoms with Crippen LogP contribution in [0.1, 0.15) is 44.4 Å². The number of hydrogen-bond acceptors (Lipinski definition) is 2. The van der Waals surface area contributed by atoms with Crippen molar-refractivity contribution in [2.75, 3.05) is 6.54 Å². The van der Waals surface area contributed by atoms with E-state index < -0.39 is 5.82 Å². The average molecular weight is 284 g/mol. The van der Waals surface area contributed by atoms with Crippen molar-refractivity contribution in [3.05, 3.63) is 34.3 Å². The molecule has 1 heterocycles. The smallest absolute Gasteiger partial charge is 0.184 e. The Morgan fingerprint density at radius 3 is 2.74 bits per heavy atom. The third-order valence-corrected chi connectivity index (χ3v) is 3.45. The number of nitrogens with one attached hydrogen (secondary N) is 1. The SMILES string of the molecule is CCCNCc1oc2c(F)c(Cl)ccc2c1C(C)C. The van der Waals surface area contributed by atoms with Gasteiger partial charge in [0.15, 0.2) is 11.4 Å². The van der Waals surface area contributed by atoms with Crippen molar-refractivity contribution in [1.82, 2.24) is 5.32 Å². The van der Waals surface area contributed by atoms with E-state index in [4.69, 9.17) is 16.0 Å². The fraction of sp³-hybridized carbons (Fsp3) is 0.467. The first-order chi connectivity index (χ1) is 9.06. The maximum absolute atomic E-state index is 14.0. The van der Waals surface area contributed by atoms with Crippen LogP contribution in [0.5, 0.6) is 0 Å². The highest BCUT2D eigenvalue weighted by Gasteiger charge is 2.20. The molecule has 0 fully saturated rings. The Hall–Kier alpha value is -1.06. The fourth-order valence-electron chi connectivity index (χ4n) is 2.32. The number of hydrogen-bond donors (Lipinski definition) is 1. The van der Waals surface area contributed by atoms with Crippen molar-refractivity contribution in [1.29, 1.82) is 0 Å². The predicted molar refractivity (Wildman–Crippen MR) is 77.3 cm³/mol. The van der Waals surface area contributed by atoms with Crippen LogP contribution in [0.25, 0.3) is 11.0 Å². The third-order valence-electron chi connectivity index (χ3n) is 3.16. The topological polar surface area (TPSA) is 25.2 Å². The minimum Gasteiger partial charge on any atom is -0.456 e. The molecule has 4 heteroatoms. The first kappa shape index (κ1) is 14.4. The van der Waals surface area contributed by atoms with Crippen LogP contribution in [0.4, 0.5) is 4.39 Å². The summed E-state index contributed by atoms with van der Waals surface area (Å²) in [6.07, 6.45) is 1.05. The number of benzene rings is 1. The van der Waals surface area contributed by atoms with E-state index >= 15 is 0 Å².